The number of hydrogen-bond acceptors (Lipinski definition) is 7. The third-order valence-corrected chi connectivity index (χ3v) is 5.20. The summed E-state index contributed by atoms with van der Waals surface area (Å²) >= 11 is 0. The number of hydrogen-bond donors (Lipinski definition) is 2. The number of benzene rings is 1. The third kappa shape index (κ3) is 4.99. The maximum absolute atomic E-state index is 12.7. The van der Waals surface area contributed by atoms with Crippen LogP contribution in [-0.4, -0.2) is 51.8 Å². The quantitative estimate of drug-likeness (QED) is 0.627. The van der Waals surface area contributed by atoms with E-state index < -0.39 is 5.60 Å². The lowest BCUT2D eigenvalue weighted by Gasteiger charge is -2.34. The molecule has 0 bridgehead atoms. The number of anilines is 2. The van der Waals surface area contributed by atoms with E-state index in [1.165, 1.54) is 6.26 Å². The van der Waals surface area contributed by atoms with E-state index >= 15 is 0 Å². The second kappa shape index (κ2) is 8.86. The van der Waals surface area contributed by atoms with E-state index in [0.717, 1.165) is 23.9 Å². The summed E-state index contributed by atoms with van der Waals surface area (Å²) in [7, 11) is 0. The summed E-state index contributed by atoms with van der Waals surface area (Å²) in [5.74, 6) is 0.0397. The van der Waals surface area contributed by atoms with Crippen LogP contribution in [0.3, 0.4) is 0 Å². The zero-order valence-corrected chi connectivity index (χ0v) is 18.4. The predicted molar refractivity (Wildman–Crippen MR) is 121 cm³/mol. The fourth-order valence-electron chi connectivity index (χ4n) is 3.70. The standard InChI is InChI=1S/C23H27N5O4/c1-23(2,3)32-22(30)28-12-8-15(9-13-28)25-18-7-6-17(20-16(18)5-4-11-24-20)21(29)26-19-10-14-31-27-19/h4-7,10-11,14-15,25H,8-9,12-13H2,1-3H3,(H,26,27,29). The smallest absolute Gasteiger partial charge is 0.410 e. The van der Waals surface area contributed by atoms with Crippen molar-refractivity contribution in [1.82, 2.24) is 15.0 Å². The van der Waals surface area contributed by atoms with Crippen molar-refractivity contribution >= 4 is 34.4 Å². The zero-order chi connectivity index (χ0) is 22.7. The summed E-state index contributed by atoms with van der Waals surface area (Å²) in [4.78, 5) is 31.2. The van der Waals surface area contributed by atoms with Crippen LogP contribution in [0.15, 0.2) is 47.3 Å². The Bertz CT molecular complexity index is 1100. The number of fused-ring (bicyclic) bond motifs is 1. The number of nitrogens with one attached hydrogen (secondary N) is 2. The molecule has 2 N–H and O–H groups in total. The molecule has 1 aliphatic heterocycles. The summed E-state index contributed by atoms with van der Waals surface area (Å²) < 4.78 is 10.2. The molecule has 1 fully saturated rings. The van der Waals surface area contributed by atoms with E-state index in [9.17, 15) is 9.59 Å². The van der Waals surface area contributed by atoms with E-state index in [-0.39, 0.29) is 18.0 Å². The van der Waals surface area contributed by atoms with Gasteiger partial charge in [0.15, 0.2) is 5.82 Å². The van der Waals surface area contributed by atoms with Crippen molar-refractivity contribution in [2.75, 3.05) is 23.7 Å². The first-order valence-corrected chi connectivity index (χ1v) is 10.6. The second-order valence-electron chi connectivity index (χ2n) is 8.79. The molecule has 0 spiro atoms. The molecule has 0 atom stereocenters. The van der Waals surface area contributed by atoms with Crippen molar-refractivity contribution in [1.29, 1.82) is 0 Å². The molecule has 0 unspecified atom stereocenters. The molecule has 3 heterocycles. The number of carbonyl (C=O) groups is 2. The number of ether oxygens (including phenoxy) is 1. The molecule has 168 valence electrons. The number of carbonyl (C=O) groups excluding carboxylic acids is 2. The lowest BCUT2D eigenvalue weighted by atomic mass is 10.0. The van der Waals surface area contributed by atoms with Crippen LogP contribution in [0.2, 0.25) is 0 Å². The fraction of sp³-hybridized carbons (Fsp3) is 0.391. The Balaban J connectivity index is 1.46. The highest BCUT2D eigenvalue weighted by Gasteiger charge is 2.27. The number of amides is 2. The molecule has 1 aromatic carbocycles. The van der Waals surface area contributed by atoms with Crippen molar-refractivity contribution in [3.05, 3.63) is 48.4 Å². The van der Waals surface area contributed by atoms with Gasteiger partial charge in [-0.2, -0.15) is 0 Å². The molecule has 0 saturated carbocycles. The van der Waals surface area contributed by atoms with Gasteiger partial charge in [0.05, 0.1) is 11.1 Å². The van der Waals surface area contributed by atoms with Gasteiger partial charge in [-0.3, -0.25) is 9.78 Å². The van der Waals surface area contributed by atoms with Gasteiger partial charge in [0.2, 0.25) is 0 Å². The van der Waals surface area contributed by atoms with Gasteiger partial charge < -0.3 is 24.8 Å². The topological polar surface area (TPSA) is 110 Å². The minimum Gasteiger partial charge on any atom is -0.444 e. The summed E-state index contributed by atoms with van der Waals surface area (Å²) in [6.07, 6.45) is 4.39. The van der Waals surface area contributed by atoms with E-state index in [4.69, 9.17) is 9.26 Å². The van der Waals surface area contributed by atoms with E-state index in [1.54, 1.807) is 23.2 Å². The Morgan fingerprint density at radius 1 is 1.16 bits per heavy atom. The molecule has 9 heteroatoms. The molecular formula is C23H27N5O4. The average Bonchev–Trinajstić information content (AvgIpc) is 3.26. The van der Waals surface area contributed by atoms with Crippen LogP contribution >= 0.6 is 0 Å². The van der Waals surface area contributed by atoms with Gasteiger partial charge >= 0.3 is 6.09 Å². The molecule has 3 aromatic rings. The number of likely N-dealkylation sites (tertiary alicyclic amines) is 1. The highest BCUT2D eigenvalue weighted by atomic mass is 16.6. The number of pyridine rings is 1. The zero-order valence-electron chi connectivity index (χ0n) is 18.4. The molecule has 0 aliphatic carbocycles. The van der Waals surface area contributed by atoms with Crippen molar-refractivity contribution in [2.45, 2.75) is 45.3 Å². The third-order valence-electron chi connectivity index (χ3n) is 5.20. The Morgan fingerprint density at radius 2 is 1.94 bits per heavy atom. The Morgan fingerprint density at radius 3 is 2.62 bits per heavy atom. The molecule has 1 saturated heterocycles. The Hall–Kier alpha value is -3.62. The molecule has 4 rings (SSSR count). The molecule has 2 aromatic heterocycles. The first kappa shape index (κ1) is 21.6. The van der Waals surface area contributed by atoms with Crippen LogP contribution in [0, 0.1) is 0 Å². The van der Waals surface area contributed by atoms with E-state index in [2.05, 4.69) is 20.8 Å². The number of aromatic nitrogens is 2. The molecule has 1 aliphatic rings. The molecular weight excluding hydrogens is 410 g/mol. The first-order valence-electron chi connectivity index (χ1n) is 10.6. The van der Waals surface area contributed by atoms with Crippen LogP contribution in [0.25, 0.3) is 10.9 Å². The summed E-state index contributed by atoms with van der Waals surface area (Å²) in [6, 6.07) is 9.20. The second-order valence-corrected chi connectivity index (χ2v) is 8.79. The molecule has 0 radical (unpaired) electrons. The minimum atomic E-state index is -0.500. The van der Waals surface area contributed by atoms with E-state index in [1.807, 2.05) is 39.0 Å². The molecule has 2 amide bonds. The summed E-state index contributed by atoms with van der Waals surface area (Å²) in [5, 5.41) is 10.8. The molecule has 32 heavy (non-hydrogen) atoms. The average molecular weight is 438 g/mol. The summed E-state index contributed by atoms with van der Waals surface area (Å²) in [5.41, 5.74) is 1.46. The van der Waals surface area contributed by atoms with Crippen LogP contribution in [0.1, 0.15) is 44.0 Å². The fourth-order valence-corrected chi connectivity index (χ4v) is 3.70. The van der Waals surface area contributed by atoms with Crippen molar-refractivity contribution in [2.24, 2.45) is 0 Å². The Kier molecular flexibility index (Phi) is 5.98. The highest BCUT2D eigenvalue weighted by molar-refractivity contribution is 6.13. The van der Waals surface area contributed by atoms with Crippen LogP contribution in [0.4, 0.5) is 16.3 Å². The van der Waals surface area contributed by atoms with Crippen LogP contribution in [0.5, 0.6) is 0 Å². The van der Waals surface area contributed by atoms with Crippen LogP contribution < -0.4 is 10.6 Å². The normalized spacial score (nSPS) is 14.9. The SMILES string of the molecule is CC(C)(C)OC(=O)N1CCC(Nc2ccc(C(=O)Nc3ccon3)c3ncccc23)CC1. The van der Waals surface area contributed by atoms with Gasteiger partial charge in [-0.1, -0.05) is 5.16 Å². The minimum absolute atomic E-state index is 0.201. The highest BCUT2D eigenvalue weighted by Crippen LogP contribution is 2.28. The number of piperidine rings is 1. The van der Waals surface area contributed by atoms with Gasteiger partial charge in [0, 0.05) is 42.5 Å². The van der Waals surface area contributed by atoms with Gasteiger partial charge in [0.1, 0.15) is 11.9 Å². The van der Waals surface area contributed by atoms with Gasteiger partial charge in [-0.25, -0.2) is 4.79 Å². The van der Waals surface area contributed by atoms with Crippen molar-refractivity contribution in [3.8, 4) is 0 Å². The lowest BCUT2D eigenvalue weighted by Crippen LogP contribution is -2.44. The molecule has 9 nitrogen and oxygen atoms in total. The first-order chi connectivity index (χ1) is 15.3. The summed E-state index contributed by atoms with van der Waals surface area (Å²) in [6.45, 7) is 6.86. The largest absolute Gasteiger partial charge is 0.444 e. The number of nitrogens with zero attached hydrogens (tertiary/aromatic N) is 3. The van der Waals surface area contributed by atoms with Crippen molar-refractivity contribution < 1.29 is 18.8 Å². The predicted octanol–water partition coefficient (Wildman–Crippen LogP) is 4.29. The van der Waals surface area contributed by atoms with Crippen molar-refractivity contribution in [3.63, 3.8) is 0 Å². The van der Waals surface area contributed by atoms with E-state index in [0.29, 0.717) is 30.0 Å². The lowest BCUT2D eigenvalue weighted by molar-refractivity contribution is 0.0210. The number of rotatable bonds is 4. The van der Waals surface area contributed by atoms with Gasteiger partial charge in [-0.05, 0) is 57.9 Å². The van der Waals surface area contributed by atoms with Gasteiger partial charge in [0.25, 0.3) is 5.91 Å². The monoisotopic (exact) mass is 437 g/mol. The van der Waals surface area contributed by atoms with Gasteiger partial charge in [-0.15, -0.1) is 0 Å². The maximum atomic E-state index is 12.7. The van der Waals surface area contributed by atoms with Crippen LogP contribution in [-0.2, 0) is 4.74 Å². The maximum Gasteiger partial charge on any atom is 0.410 e. The Labute approximate surface area is 186 Å².